The summed E-state index contributed by atoms with van der Waals surface area (Å²) in [5.41, 5.74) is 2.44. The van der Waals surface area contributed by atoms with E-state index in [0.29, 0.717) is 12.2 Å². The number of rotatable bonds is 7. The Kier molecular flexibility index (Phi) is 6.20. The largest absolute Gasteiger partial charge is 0.355 e. The van der Waals surface area contributed by atoms with Crippen LogP contribution in [0.5, 0.6) is 0 Å². The second-order valence-corrected chi connectivity index (χ2v) is 7.17. The molecule has 118 valence electrons. The molecule has 0 heterocycles. The number of nitrogens with zero attached hydrogens (tertiary/aromatic N) is 1. The third-order valence-corrected chi connectivity index (χ3v) is 4.29. The number of hydrogen-bond donors (Lipinski definition) is 1. The van der Waals surface area contributed by atoms with Gasteiger partial charge in [0, 0.05) is 6.54 Å². The summed E-state index contributed by atoms with van der Waals surface area (Å²) in [6.07, 6.45) is 2.98. The van der Waals surface area contributed by atoms with Crippen molar-refractivity contribution in [1.82, 2.24) is 5.32 Å². The van der Waals surface area contributed by atoms with E-state index < -0.39 is 10.0 Å². The van der Waals surface area contributed by atoms with Crippen LogP contribution in [0.1, 0.15) is 30.9 Å². The average Bonchev–Trinajstić information content (AvgIpc) is 2.36. The fourth-order valence-corrected chi connectivity index (χ4v) is 2.97. The van der Waals surface area contributed by atoms with E-state index in [0.717, 1.165) is 34.5 Å². The maximum Gasteiger partial charge on any atom is 0.240 e. The van der Waals surface area contributed by atoms with Crippen molar-refractivity contribution in [3.8, 4) is 0 Å². The van der Waals surface area contributed by atoms with Crippen molar-refractivity contribution in [2.75, 3.05) is 23.7 Å². The molecule has 1 rings (SSSR count). The van der Waals surface area contributed by atoms with Gasteiger partial charge in [0.1, 0.15) is 6.54 Å². The Labute approximate surface area is 127 Å². The van der Waals surface area contributed by atoms with Gasteiger partial charge in [-0.1, -0.05) is 31.0 Å². The van der Waals surface area contributed by atoms with Crippen LogP contribution in [0, 0.1) is 13.8 Å². The number of hydrogen-bond acceptors (Lipinski definition) is 3. The molecule has 0 aliphatic heterocycles. The standard InChI is InChI=1S/C15H24N2O3S/c1-5-6-9-16-15(18)11-17(21(4,19)20)14-8-7-12(2)10-13(14)3/h7-8,10H,5-6,9,11H2,1-4H3,(H,16,18). The molecular weight excluding hydrogens is 288 g/mol. The molecule has 1 aromatic carbocycles. The van der Waals surface area contributed by atoms with E-state index in [1.54, 1.807) is 6.07 Å². The molecule has 6 heteroatoms. The zero-order chi connectivity index (χ0) is 16.0. The predicted octanol–water partition coefficient (Wildman–Crippen LogP) is 1.99. The van der Waals surface area contributed by atoms with Crippen molar-refractivity contribution in [2.45, 2.75) is 33.6 Å². The highest BCUT2D eigenvalue weighted by atomic mass is 32.2. The van der Waals surface area contributed by atoms with Crippen LogP contribution in [0.4, 0.5) is 5.69 Å². The average molecular weight is 312 g/mol. The number of benzene rings is 1. The van der Waals surface area contributed by atoms with Crippen LogP contribution in [0.25, 0.3) is 0 Å². The molecule has 0 fully saturated rings. The van der Waals surface area contributed by atoms with Crippen LogP contribution in [-0.4, -0.2) is 33.7 Å². The zero-order valence-corrected chi connectivity index (χ0v) is 14.0. The molecule has 1 amide bonds. The molecule has 21 heavy (non-hydrogen) atoms. The lowest BCUT2D eigenvalue weighted by Gasteiger charge is -2.23. The maximum atomic E-state index is 12.0. The van der Waals surface area contributed by atoms with Gasteiger partial charge >= 0.3 is 0 Å². The van der Waals surface area contributed by atoms with Gasteiger partial charge in [0.05, 0.1) is 11.9 Å². The minimum Gasteiger partial charge on any atom is -0.355 e. The Bertz CT molecular complexity index is 597. The Morgan fingerprint density at radius 1 is 1.29 bits per heavy atom. The SMILES string of the molecule is CCCCNC(=O)CN(c1ccc(C)cc1C)S(C)(=O)=O. The van der Waals surface area contributed by atoms with Crippen LogP contribution < -0.4 is 9.62 Å². The molecule has 0 saturated carbocycles. The van der Waals surface area contributed by atoms with E-state index in [1.807, 2.05) is 32.9 Å². The molecule has 1 aromatic rings. The lowest BCUT2D eigenvalue weighted by Crippen LogP contribution is -2.41. The maximum absolute atomic E-state index is 12.0. The number of carbonyl (C=O) groups excluding carboxylic acids is 1. The van der Waals surface area contributed by atoms with Crippen LogP contribution >= 0.6 is 0 Å². The summed E-state index contributed by atoms with van der Waals surface area (Å²) in [5, 5.41) is 2.74. The number of unbranched alkanes of at least 4 members (excludes halogenated alkanes) is 1. The van der Waals surface area contributed by atoms with E-state index in [2.05, 4.69) is 5.32 Å². The number of carbonyl (C=O) groups is 1. The number of aryl methyl sites for hydroxylation is 2. The molecule has 0 saturated heterocycles. The summed E-state index contributed by atoms with van der Waals surface area (Å²) in [6.45, 7) is 6.20. The van der Waals surface area contributed by atoms with Gasteiger partial charge < -0.3 is 5.32 Å². The van der Waals surface area contributed by atoms with Gasteiger partial charge in [-0.15, -0.1) is 0 Å². The first-order valence-electron chi connectivity index (χ1n) is 7.07. The highest BCUT2D eigenvalue weighted by Crippen LogP contribution is 2.23. The van der Waals surface area contributed by atoms with Gasteiger partial charge in [-0.05, 0) is 31.9 Å². The summed E-state index contributed by atoms with van der Waals surface area (Å²) >= 11 is 0. The molecule has 0 atom stereocenters. The van der Waals surface area contributed by atoms with E-state index >= 15 is 0 Å². The highest BCUT2D eigenvalue weighted by Gasteiger charge is 2.22. The molecule has 0 aromatic heterocycles. The van der Waals surface area contributed by atoms with Gasteiger partial charge in [-0.25, -0.2) is 8.42 Å². The van der Waals surface area contributed by atoms with Crippen LogP contribution in [0.2, 0.25) is 0 Å². The third-order valence-electron chi connectivity index (χ3n) is 3.16. The van der Waals surface area contributed by atoms with Crippen molar-refractivity contribution in [1.29, 1.82) is 0 Å². The van der Waals surface area contributed by atoms with E-state index in [4.69, 9.17) is 0 Å². The Morgan fingerprint density at radius 2 is 1.95 bits per heavy atom. The second-order valence-electron chi connectivity index (χ2n) is 5.26. The van der Waals surface area contributed by atoms with Crippen molar-refractivity contribution < 1.29 is 13.2 Å². The number of sulfonamides is 1. The summed E-state index contributed by atoms with van der Waals surface area (Å²) in [4.78, 5) is 11.9. The van der Waals surface area contributed by atoms with Crippen molar-refractivity contribution in [3.63, 3.8) is 0 Å². The van der Waals surface area contributed by atoms with Gasteiger partial charge in [0.25, 0.3) is 0 Å². The fraction of sp³-hybridized carbons (Fsp3) is 0.533. The van der Waals surface area contributed by atoms with Gasteiger partial charge in [-0.3, -0.25) is 9.10 Å². The van der Waals surface area contributed by atoms with E-state index in [-0.39, 0.29) is 12.5 Å². The molecule has 1 N–H and O–H groups in total. The van der Waals surface area contributed by atoms with Crippen LogP contribution in [0.3, 0.4) is 0 Å². The molecule has 0 spiro atoms. The summed E-state index contributed by atoms with van der Waals surface area (Å²) < 4.78 is 25.1. The molecule has 0 aliphatic rings. The first kappa shape index (κ1) is 17.5. The Hall–Kier alpha value is -1.56. The summed E-state index contributed by atoms with van der Waals surface area (Å²) in [7, 11) is -3.51. The number of anilines is 1. The van der Waals surface area contributed by atoms with Crippen molar-refractivity contribution >= 4 is 21.6 Å². The van der Waals surface area contributed by atoms with E-state index in [1.165, 1.54) is 0 Å². The lowest BCUT2D eigenvalue weighted by molar-refractivity contribution is -0.119. The molecule has 5 nitrogen and oxygen atoms in total. The number of amides is 1. The lowest BCUT2D eigenvalue weighted by atomic mass is 10.1. The molecule has 0 aliphatic carbocycles. The van der Waals surface area contributed by atoms with Crippen molar-refractivity contribution in [2.24, 2.45) is 0 Å². The molecule has 0 bridgehead atoms. The number of nitrogens with one attached hydrogen (secondary N) is 1. The summed E-state index contributed by atoms with van der Waals surface area (Å²) in [5.74, 6) is -0.283. The van der Waals surface area contributed by atoms with Crippen molar-refractivity contribution in [3.05, 3.63) is 29.3 Å². The minimum atomic E-state index is -3.51. The predicted molar refractivity (Wildman–Crippen MR) is 86.0 cm³/mol. The zero-order valence-electron chi connectivity index (χ0n) is 13.1. The smallest absolute Gasteiger partial charge is 0.240 e. The second kappa shape index (κ2) is 7.45. The van der Waals surface area contributed by atoms with Gasteiger partial charge in [0.2, 0.25) is 15.9 Å². The Morgan fingerprint density at radius 3 is 2.48 bits per heavy atom. The van der Waals surface area contributed by atoms with Crippen LogP contribution in [-0.2, 0) is 14.8 Å². The minimum absolute atomic E-state index is 0.188. The quantitative estimate of drug-likeness (QED) is 0.783. The monoisotopic (exact) mass is 312 g/mol. The van der Waals surface area contributed by atoms with Crippen LogP contribution in [0.15, 0.2) is 18.2 Å². The first-order valence-corrected chi connectivity index (χ1v) is 8.92. The first-order chi connectivity index (χ1) is 9.75. The molecular formula is C15H24N2O3S. The normalized spacial score (nSPS) is 11.2. The molecule has 0 unspecified atom stereocenters. The Balaban J connectivity index is 2.95. The fourth-order valence-electron chi connectivity index (χ4n) is 2.06. The highest BCUT2D eigenvalue weighted by molar-refractivity contribution is 7.92. The van der Waals surface area contributed by atoms with Gasteiger partial charge in [0.15, 0.2) is 0 Å². The van der Waals surface area contributed by atoms with Gasteiger partial charge in [-0.2, -0.15) is 0 Å². The summed E-state index contributed by atoms with van der Waals surface area (Å²) in [6, 6.07) is 5.49. The third kappa shape index (κ3) is 5.38. The molecule has 0 radical (unpaired) electrons. The topological polar surface area (TPSA) is 66.5 Å². The van der Waals surface area contributed by atoms with E-state index in [9.17, 15) is 13.2 Å².